The van der Waals surface area contributed by atoms with E-state index in [1.807, 2.05) is 48.5 Å². The Morgan fingerprint density at radius 3 is 1.87 bits per heavy atom. The lowest BCUT2D eigenvalue weighted by molar-refractivity contribution is 0.620. The Hall–Kier alpha value is -6.39. The van der Waals surface area contributed by atoms with E-state index < -0.39 is 0 Å². The van der Waals surface area contributed by atoms with Crippen LogP contribution in [-0.2, 0) is 0 Å². The maximum Gasteiger partial charge on any atom is 0.228 e. The summed E-state index contributed by atoms with van der Waals surface area (Å²) >= 11 is 0. The van der Waals surface area contributed by atoms with Gasteiger partial charge in [0.05, 0.1) is 5.69 Å². The first kappa shape index (κ1) is 27.0. The third-order valence-corrected chi connectivity index (χ3v) is 8.71. The first-order valence-electron chi connectivity index (χ1n) is 15.7. The normalized spacial score (nSPS) is 11.4. The quantitative estimate of drug-likeness (QED) is 0.189. The predicted molar refractivity (Wildman–Crippen MR) is 192 cm³/mol. The van der Waals surface area contributed by atoms with Gasteiger partial charge in [0.2, 0.25) is 5.89 Å². The van der Waals surface area contributed by atoms with E-state index in [0.29, 0.717) is 5.89 Å². The minimum atomic E-state index is 0.578. The minimum absolute atomic E-state index is 0.578. The van der Waals surface area contributed by atoms with Gasteiger partial charge in [-0.15, -0.1) is 0 Å². The molecule has 7 aromatic carbocycles. The number of para-hydroxylation sites is 3. The van der Waals surface area contributed by atoms with Gasteiger partial charge in [0.1, 0.15) is 11.1 Å². The molecule has 0 bridgehead atoms. The number of hydrogen-bond acceptors (Lipinski definition) is 4. The van der Waals surface area contributed by atoms with E-state index in [2.05, 4.69) is 126 Å². The highest BCUT2D eigenvalue weighted by Gasteiger charge is 2.22. The van der Waals surface area contributed by atoms with Gasteiger partial charge in [-0.1, -0.05) is 115 Å². The average molecular weight is 605 g/mol. The summed E-state index contributed by atoms with van der Waals surface area (Å²) < 4.78 is 13.0. The van der Waals surface area contributed by atoms with E-state index >= 15 is 0 Å². The summed E-state index contributed by atoms with van der Waals surface area (Å²) in [4.78, 5) is 7.11. The lowest BCUT2D eigenvalue weighted by Crippen LogP contribution is -2.10. The molecule has 0 radical (unpaired) electrons. The topological polar surface area (TPSA) is 42.4 Å². The number of aromatic nitrogens is 1. The first-order valence-corrected chi connectivity index (χ1v) is 15.7. The molecule has 0 saturated heterocycles. The van der Waals surface area contributed by atoms with Crippen molar-refractivity contribution in [3.63, 3.8) is 0 Å². The number of rotatable bonds is 6. The van der Waals surface area contributed by atoms with E-state index in [-0.39, 0.29) is 0 Å². The number of fused-ring (bicyclic) bond motifs is 4. The second-order valence-corrected chi connectivity index (χ2v) is 11.6. The number of benzene rings is 7. The van der Waals surface area contributed by atoms with Gasteiger partial charge in [0.25, 0.3) is 0 Å². The maximum atomic E-state index is 6.74. The van der Waals surface area contributed by atoms with Crippen molar-refractivity contribution in [2.75, 3.05) is 4.90 Å². The maximum absolute atomic E-state index is 6.74. The van der Waals surface area contributed by atoms with Gasteiger partial charge in [-0.05, 0) is 76.9 Å². The molecule has 2 aromatic heterocycles. The summed E-state index contributed by atoms with van der Waals surface area (Å²) in [6, 6.07) is 58.6. The largest absolute Gasteiger partial charge is 0.454 e. The lowest BCUT2D eigenvalue weighted by Gasteiger charge is -2.26. The van der Waals surface area contributed by atoms with E-state index in [1.165, 1.54) is 11.1 Å². The molecule has 47 heavy (non-hydrogen) atoms. The van der Waals surface area contributed by atoms with Crippen molar-refractivity contribution < 1.29 is 8.83 Å². The fourth-order valence-electron chi connectivity index (χ4n) is 6.49. The van der Waals surface area contributed by atoms with Crippen molar-refractivity contribution in [3.8, 4) is 33.7 Å². The highest BCUT2D eigenvalue weighted by atomic mass is 16.3. The van der Waals surface area contributed by atoms with Crippen LogP contribution in [0.4, 0.5) is 17.1 Å². The molecule has 0 spiro atoms. The Morgan fingerprint density at radius 1 is 0.447 bits per heavy atom. The SMILES string of the molecule is c1ccc(-c2ccc(N(c3cccc(-c4ccccc4)c3)c3cccc4c3oc3cccc(-c5nc6ccccc6o5)c34)cc2)cc1. The van der Waals surface area contributed by atoms with Crippen LogP contribution in [0.5, 0.6) is 0 Å². The monoisotopic (exact) mass is 604 g/mol. The number of furan rings is 1. The van der Waals surface area contributed by atoms with E-state index in [0.717, 1.165) is 66.8 Å². The summed E-state index contributed by atoms with van der Waals surface area (Å²) in [7, 11) is 0. The molecule has 0 atom stereocenters. The van der Waals surface area contributed by atoms with Crippen LogP contribution in [0.2, 0.25) is 0 Å². The van der Waals surface area contributed by atoms with Crippen LogP contribution in [0, 0.1) is 0 Å². The Morgan fingerprint density at radius 2 is 1.09 bits per heavy atom. The van der Waals surface area contributed by atoms with Gasteiger partial charge in [0.15, 0.2) is 11.2 Å². The zero-order valence-electron chi connectivity index (χ0n) is 25.4. The molecule has 0 unspecified atom stereocenters. The molecule has 0 amide bonds. The molecule has 0 aliphatic rings. The fraction of sp³-hybridized carbons (Fsp3) is 0. The standard InChI is InChI=1S/C43H28N2O2/c1-3-12-29(13-4-1)31-24-26-33(27-25-31)45(34-17-9-16-32(28-34)30-14-5-2-6-15-30)38-21-10-18-35-41-36(19-11-23-40(41)46-42(35)38)43-44-37-20-7-8-22-39(37)47-43/h1-28H. The highest BCUT2D eigenvalue weighted by molar-refractivity contribution is 6.15. The summed E-state index contributed by atoms with van der Waals surface area (Å²) in [5.74, 6) is 0.578. The summed E-state index contributed by atoms with van der Waals surface area (Å²) in [5, 5.41) is 1.98. The van der Waals surface area contributed by atoms with Crippen LogP contribution >= 0.6 is 0 Å². The Labute approximate surface area is 271 Å². The number of oxazole rings is 1. The molecule has 0 fully saturated rings. The predicted octanol–water partition coefficient (Wildman–Crippen LogP) is 12.2. The highest BCUT2D eigenvalue weighted by Crippen LogP contribution is 2.45. The van der Waals surface area contributed by atoms with E-state index in [4.69, 9.17) is 13.8 Å². The zero-order valence-corrected chi connectivity index (χ0v) is 25.4. The van der Waals surface area contributed by atoms with Crippen molar-refractivity contribution >= 4 is 50.1 Å². The minimum Gasteiger partial charge on any atom is -0.454 e. The molecular formula is C43H28N2O2. The van der Waals surface area contributed by atoms with Crippen LogP contribution in [-0.4, -0.2) is 4.98 Å². The summed E-state index contributed by atoms with van der Waals surface area (Å²) in [6.07, 6.45) is 0. The van der Waals surface area contributed by atoms with Crippen LogP contribution in [0.15, 0.2) is 179 Å². The van der Waals surface area contributed by atoms with Crippen molar-refractivity contribution in [2.45, 2.75) is 0 Å². The van der Waals surface area contributed by atoms with Gasteiger partial charge in [-0.2, -0.15) is 0 Å². The van der Waals surface area contributed by atoms with Gasteiger partial charge in [-0.25, -0.2) is 4.98 Å². The summed E-state index contributed by atoms with van der Waals surface area (Å²) in [6.45, 7) is 0. The lowest BCUT2D eigenvalue weighted by atomic mass is 10.0. The summed E-state index contributed by atoms with van der Waals surface area (Å²) in [5.41, 5.74) is 11.7. The first-order chi connectivity index (χ1) is 23.3. The Kier molecular flexibility index (Phi) is 6.43. The smallest absolute Gasteiger partial charge is 0.228 e. The Bertz CT molecular complexity index is 2480. The van der Waals surface area contributed by atoms with Crippen LogP contribution in [0.25, 0.3) is 66.7 Å². The molecule has 9 rings (SSSR count). The van der Waals surface area contributed by atoms with Crippen LogP contribution in [0.3, 0.4) is 0 Å². The molecule has 0 saturated carbocycles. The molecule has 222 valence electrons. The second-order valence-electron chi connectivity index (χ2n) is 11.6. The van der Waals surface area contributed by atoms with Crippen LogP contribution in [0.1, 0.15) is 0 Å². The molecule has 9 aromatic rings. The van der Waals surface area contributed by atoms with E-state index in [1.54, 1.807) is 0 Å². The van der Waals surface area contributed by atoms with Crippen molar-refractivity contribution in [1.82, 2.24) is 4.98 Å². The fourth-order valence-corrected chi connectivity index (χ4v) is 6.49. The molecule has 0 aliphatic carbocycles. The van der Waals surface area contributed by atoms with Gasteiger partial charge < -0.3 is 13.7 Å². The molecular weight excluding hydrogens is 576 g/mol. The molecule has 4 nitrogen and oxygen atoms in total. The number of nitrogens with zero attached hydrogens (tertiary/aromatic N) is 2. The third-order valence-electron chi connectivity index (χ3n) is 8.71. The van der Waals surface area contributed by atoms with Crippen molar-refractivity contribution in [1.29, 1.82) is 0 Å². The van der Waals surface area contributed by atoms with Crippen LogP contribution < -0.4 is 4.90 Å². The van der Waals surface area contributed by atoms with Gasteiger partial charge in [-0.3, -0.25) is 0 Å². The molecule has 0 aliphatic heterocycles. The van der Waals surface area contributed by atoms with Crippen molar-refractivity contribution in [3.05, 3.63) is 170 Å². The molecule has 0 N–H and O–H groups in total. The van der Waals surface area contributed by atoms with E-state index in [9.17, 15) is 0 Å². The zero-order chi connectivity index (χ0) is 31.2. The third kappa shape index (κ3) is 4.75. The Balaban J connectivity index is 1.25. The van der Waals surface area contributed by atoms with Gasteiger partial charge in [0, 0.05) is 27.7 Å². The number of anilines is 3. The second kappa shape index (κ2) is 11.2. The molecule has 4 heteroatoms. The van der Waals surface area contributed by atoms with Gasteiger partial charge >= 0.3 is 0 Å². The average Bonchev–Trinajstić information content (AvgIpc) is 3.76. The number of hydrogen-bond donors (Lipinski definition) is 0. The molecule has 2 heterocycles. The van der Waals surface area contributed by atoms with Crippen molar-refractivity contribution in [2.24, 2.45) is 0 Å².